The van der Waals surface area contributed by atoms with E-state index in [1.54, 1.807) is 12.3 Å². The summed E-state index contributed by atoms with van der Waals surface area (Å²) in [6, 6.07) is 5.38. The van der Waals surface area contributed by atoms with Gasteiger partial charge in [-0.1, -0.05) is 6.07 Å². The van der Waals surface area contributed by atoms with Crippen molar-refractivity contribution in [1.82, 2.24) is 9.88 Å². The van der Waals surface area contributed by atoms with Gasteiger partial charge in [0.1, 0.15) is 5.82 Å². The SMILES string of the molecule is CCOCC1CCN([C@@H](C)C(=O)Nc2ccccn2)CC1. The van der Waals surface area contributed by atoms with Gasteiger partial charge in [-0.3, -0.25) is 9.69 Å². The number of anilines is 1. The van der Waals surface area contributed by atoms with E-state index in [4.69, 9.17) is 4.74 Å². The Morgan fingerprint density at radius 1 is 1.48 bits per heavy atom. The largest absolute Gasteiger partial charge is 0.381 e. The van der Waals surface area contributed by atoms with Crippen molar-refractivity contribution in [3.05, 3.63) is 24.4 Å². The van der Waals surface area contributed by atoms with Gasteiger partial charge in [-0.2, -0.15) is 0 Å². The van der Waals surface area contributed by atoms with Gasteiger partial charge < -0.3 is 10.1 Å². The molecule has 5 nitrogen and oxygen atoms in total. The third-order valence-electron chi connectivity index (χ3n) is 4.05. The molecule has 1 amide bonds. The quantitative estimate of drug-likeness (QED) is 0.872. The molecule has 1 aromatic heterocycles. The number of piperidine rings is 1. The van der Waals surface area contributed by atoms with Crippen LogP contribution in [0.5, 0.6) is 0 Å². The first-order valence-electron chi connectivity index (χ1n) is 7.74. The third-order valence-corrected chi connectivity index (χ3v) is 4.05. The van der Waals surface area contributed by atoms with Crippen LogP contribution in [0.25, 0.3) is 0 Å². The Morgan fingerprint density at radius 2 is 2.24 bits per heavy atom. The maximum absolute atomic E-state index is 12.2. The summed E-state index contributed by atoms with van der Waals surface area (Å²) in [5.41, 5.74) is 0. The Hall–Kier alpha value is -1.46. The highest BCUT2D eigenvalue weighted by Crippen LogP contribution is 2.19. The molecular formula is C16H25N3O2. The Morgan fingerprint density at radius 3 is 2.86 bits per heavy atom. The number of rotatable bonds is 6. The lowest BCUT2D eigenvalue weighted by molar-refractivity contribution is -0.121. The molecule has 1 saturated heterocycles. The van der Waals surface area contributed by atoms with E-state index < -0.39 is 0 Å². The molecule has 1 atom stereocenters. The summed E-state index contributed by atoms with van der Waals surface area (Å²) in [5, 5.41) is 2.87. The number of likely N-dealkylation sites (tertiary alicyclic amines) is 1. The molecular weight excluding hydrogens is 266 g/mol. The zero-order valence-corrected chi connectivity index (χ0v) is 12.9. The molecule has 0 unspecified atom stereocenters. The molecule has 1 fully saturated rings. The third kappa shape index (κ3) is 4.79. The maximum atomic E-state index is 12.2. The van der Waals surface area contributed by atoms with Crippen LogP contribution in [0, 0.1) is 5.92 Å². The van der Waals surface area contributed by atoms with Gasteiger partial charge in [0.25, 0.3) is 0 Å². The highest BCUT2D eigenvalue weighted by atomic mass is 16.5. The van der Waals surface area contributed by atoms with Crippen molar-refractivity contribution in [1.29, 1.82) is 0 Å². The Labute approximate surface area is 126 Å². The van der Waals surface area contributed by atoms with Gasteiger partial charge in [0, 0.05) is 19.4 Å². The van der Waals surface area contributed by atoms with Crippen molar-refractivity contribution in [2.45, 2.75) is 32.7 Å². The van der Waals surface area contributed by atoms with Crippen LogP contribution in [0.4, 0.5) is 5.82 Å². The van der Waals surface area contributed by atoms with E-state index in [1.165, 1.54) is 0 Å². The second-order valence-electron chi connectivity index (χ2n) is 5.52. The molecule has 1 aromatic rings. The van der Waals surface area contributed by atoms with Crippen LogP contribution in [0.15, 0.2) is 24.4 Å². The molecule has 1 aliphatic rings. The van der Waals surface area contributed by atoms with Crippen molar-refractivity contribution in [3.63, 3.8) is 0 Å². The van der Waals surface area contributed by atoms with Gasteiger partial charge in [0.2, 0.25) is 5.91 Å². The van der Waals surface area contributed by atoms with Crippen LogP contribution < -0.4 is 5.32 Å². The summed E-state index contributed by atoms with van der Waals surface area (Å²) >= 11 is 0. The van der Waals surface area contributed by atoms with Gasteiger partial charge in [-0.05, 0) is 57.8 Å². The standard InChI is InChI=1S/C16H25N3O2/c1-3-21-12-14-7-10-19(11-8-14)13(2)16(20)18-15-6-4-5-9-17-15/h4-6,9,13-14H,3,7-8,10-12H2,1-2H3,(H,17,18,20)/t13-/m0/s1. The van der Waals surface area contributed by atoms with Crippen molar-refractivity contribution < 1.29 is 9.53 Å². The summed E-state index contributed by atoms with van der Waals surface area (Å²) in [4.78, 5) is 18.6. The van der Waals surface area contributed by atoms with Gasteiger partial charge in [-0.15, -0.1) is 0 Å². The second kappa shape index (κ2) is 8.10. The number of hydrogen-bond donors (Lipinski definition) is 1. The molecule has 116 valence electrons. The Bertz CT molecular complexity index is 430. The minimum atomic E-state index is -0.125. The average molecular weight is 291 g/mol. The minimum Gasteiger partial charge on any atom is -0.381 e. The molecule has 2 heterocycles. The van der Waals surface area contributed by atoms with E-state index in [0.717, 1.165) is 39.1 Å². The normalized spacial score (nSPS) is 18.4. The van der Waals surface area contributed by atoms with Crippen molar-refractivity contribution in [3.8, 4) is 0 Å². The fourth-order valence-electron chi connectivity index (χ4n) is 2.62. The molecule has 0 saturated carbocycles. The second-order valence-corrected chi connectivity index (χ2v) is 5.52. The number of aromatic nitrogens is 1. The number of carbonyl (C=O) groups is 1. The lowest BCUT2D eigenvalue weighted by atomic mass is 9.96. The fourth-order valence-corrected chi connectivity index (χ4v) is 2.62. The minimum absolute atomic E-state index is 0.0111. The van der Waals surface area contributed by atoms with E-state index in [1.807, 2.05) is 26.0 Å². The molecule has 0 spiro atoms. The molecule has 21 heavy (non-hydrogen) atoms. The highest BCUT2D eigenvalue weighted by molar-refractivity contribution is 5.93. The molecule has 0 aliphatic carbocycles. The lowest BCUT2D eigenvalue weighted by Crippen LogP contribution is -2.46. The maximum Gasteiger partial charge on any atom is 0.242 e. The van der Waals surface area contributed by atoms with Crippen LogP contribution in [0.2, 0.25) is 0 Å². The first-order chi connectivity index (χ1) is 10.2. The number of hydrogen-bond acceptors (Lipinski definition) is 4. The fraction of sp³-hybridized carbons (Fsp3) is 0.625. The summed E-state index contributed by atoms with van der Waals surface area (Å²) in [6.45, 7) is 7.52. The Balaban J connectivity index is 1.78. The summed E-state index contributed by atoms with van der Waals surface area (Å²) in [6.07, 6.45) is 3.88. The number of pyridine rings is 1. The van der Waals surface area contributed by atoms with Crippen molar-refractivity contribution in [2.75, 3.05) is 31.6 Å². The van der Waals surface area contributed by atoms with Gasteiger partial charge in [0.05, 0.1) is 6.04 Å². The Kier molecular flexibility index (Phi) is 6.14. The first-order valence-corrected chi connectivity index (χ1v) is 7.74. The van der Waals surface area contributed by atoms with E-state index in [9.17, 15) is 4.79 Å². The lowest BCUT2D eigenvalue weighted by Gasteiger charge is -2.35. The molecule has 1 aliphatic heterocycles. The van der Waals surface area contributed by atoms with E-state index in [0.29, 0.717) is 11.7 Å². The number of amides is 1. The monoisotopic (exact) mass is 291 g/mol. The number of carbonyl (C=O) groups excluding carboxylic acids is 1. The van der Waals surface area contributed by atoms with E-state index in [-0.39, 0.29) is 11.9 Å². The molecule has 2 rings (SSSR count). The number of ether oxygens (including phenoxy) is 1. The summed E-state index contributed by atoms with van der Waals surface area (Å²) in [7, 11) is 0. The molecule has 5 heteroatoms. The van der Waals surface area contributed by atoms with Crippen molar-refractivity contribution >= 4 is 11.7 Å². The summed E-state index contributed by atoms with van der Waals surface area (Å²) < 4.78 is 5.49. The predicted octanol–water partition coefficient (Wildman–Crippen LogP) is 2.16. The molecule has 1 N–H and O–H groups in total. The van der Waals surface area contributed by atoms with Crippen LogP contribution in [-0.4, -0.2) is 48.1 Å². The van der Waals surface area contributed by atoms with Crippen molar-refractivity contribution in [2.24, 2.45) is 5.92 Å². The summed E-state index contributed by atoms with van der Waals surface area (Å²) in [5.74, 6) is 1.25. The van der Waals surface area contributed by atoms with Gasteiger partial charge in [0.15, 0.2) is 0 Å². The predicted molar refractivity (Wildman–Crippen MR) is 83.1 cm³/mol. The highest BCUT2D eigenvalue weighted by Gasteiger charge is 2.26. The first kappa shape index (κ1) is 15.9. The average Bonchev–Trinajstić information content (AvgIpc) is 2.53. The zero-order valence-electron chi connectivity index (χ0n) is 12.9. The molecule has 0 aromatic carbocycles. The van der Waals surface area contributed by atoms with E-state index >= 15 is 0 Å². The number of nitrogens with one attached hydrogen (secondary N) is 1. The van der Waals surface area contributed by atoms with Crippen LogP contribution in [0.3, 0.4) is 0 Å². The van der Waals surface area contributed by atoms with Crippen LogP contribution in [0.1, 0.15) is 26.7 Å². The number of nitrogens with zero attached hydrogens (tertiary/aromatic N) is 2. The van der Waals surface area contributed by atoms with Gasteiger partial charge >= 0.3 is 0 Å². The smallest absolute Gasteiger partial charge is 0.242 e. The zero-order chi connectivity index (χ0) is 15.1. The van der Waals surface area contributed by atoms with Crippen LogP contribution in [-0.2, 0) is 9.53 Å². The molecule has 0 radical (unpaired) electrons. The van der Waals surface area contributed by atoms with E-state index in [2.05, 4.69) is 15.2 Å². The van der Waals surface area contributed by atoms with Gasteiger partial charge in [-0.25, -0.2) is 4.98 Å². The topological polar surface area (TPSA) is 54.5 Å². The molecule has 0 bridgehead atoms. The van der Waals surface area contributed by atoms with Crippen LogP contribution >= 0.6 is 0 Å².